The Labute approximate surface area is 199 Å². The van der Waals surface area contributed by atoms with Gasteiger partial charge in [0, 0.05) is 31.2 Å². The minimum atomic E-state index is -3.58. The number of rotatable bonds is 11. The van der Waals surface area contributed by atoms with Crippen LogP contribution in [0.2, 0.25) is 0 Å². The summed E-state index contributed by atoms with van der Waals surface area (Å²) in [5, 5.41) is 3.31. The van der Waals surface area contributed by atoms with Crippen LogP contribution in [-0.4, -0.2) is 62.7 Å². The molecule has 0 aromatic heterocycles. The summed E-state index contributed by atoms with van der Waals surface area (Å²) in [7, 11) is -3.58. The van der Waals surface area contributed by atoms with E-state index in [0.717, 1.165) is 25.9 Å². The number of ketones is 1. The average Bonchev–Trinajstić information content (AvgIpc) is 2.84. The van der Waals surface area contributed by atoms with Crippen molar-refractivity contribution >= 4 is 15.8 Å². The maximum Gasteiger partial charge on any atom is 0.243 e. The lowest BCUT2D eigenvalue weighted by Gasteiger charge is -2.30. The van der Waals surface area contributed by atoms with Gasteiger partial charge in [0.15, 0.2) is 5.78 Å². The zero-order valence-corrected chi connectivity index (χ0v) is 20.9. The van der Waals surface area contributed by atoms with Gasteiger partial charge in [-0.3, -0.25) is 9.69 Å². The van der Waals surface area contributed by atoms with Crippen molar-refractivity contribution in [2.75, 3.05) is 39.3 Å². The summed E-state index contributed by atoms with van der Waals surface area (Å²) in [5.41, 5.74) is 1.64. The molecule has 0 amide bonds. The van der Waals surface area contributed by atoms with E-state index in [2.05, 4.69) is 43.1 Å². The molecule has 2 aromatic carbocycles. The Morgan fingerprint density at radius 3 is 2.52 bits per heavy atom. The van der Waals surface area contributed by atoms with Crippen molar-refractivity contribution in [3.05, 3.63) is 65.7 Å². The van der Waals surface area contributed by atoms with Gasteiger partial charge < -0.3 is 5.32 Å². The zero-order valence-electron chi connectivity index (χ0n) is 20.0. The number of hydrogen-bond acceptors (Lipinski definition) is 5. The number of carbonyl (C=O) groups excluding carboxylic acids is 1. The molecular weight excluding hydrogens is 434 g/mol. The molecule has 1 aliphatic heterocycles. The highest BCUT2D eigenvalue weighted by atomic mass is 32.2. The lowest BCUT2D eigenvalue weighted by atomic mass is 10.0. The fraction of sp³-hybridized carbons (Fsp3) is 0.500. The van der Waals surface area contributed by atoms with Gasteiger partial charge in [-0.15, -0.1) is 0 Å². The second kappa shape index (κ2) is 11.9. The van der Waals surface area contributed by atoms with Gasteiger partial charge in [0.25, 0.3) is 0 Å². The van der Waals surface area contributed by atoms with Crippen molar-refractivity contribution in [3.8, 4) is 0 Å². The Bertz CT molecular complexity index is 1010. The highest BCUT2D eigenvalue weighted by molar-refractivity contribution is 7.89. The molecule has 1 fully saturated rings. The van der Waals surface area contributed by atoms with E-state index in [-0.39, 0.29) is 23.3 Å². The molecule has 2 aromatic rings. The quantitative estimate of drug-likeness (QED) is 0.503. The fourth-order valence-corrected chi connectivity index (χ4v) is 6.21. The number of nitrogens with zero attached hydrogens (tertiary/aromatic N) is 2. The Hall–Kier alpha value is -2.06. The van der Waals surface area contributed by atoms with Crippen molar-refractivity contribution in [1.29, 1.82) is 0 Å². The van der Waals surface area contributed by atoms with Crippen molar-refractivity contribution in [3.63, 3.8) is 0 Å². The smallest absolute Gasteiger partial charge is 0.243 e. The number of piperidine rings is 1. The van der Waals surface area contributed by atoms with E-state index in [1.807, 2.05) is 18.2 Å². The normalized spacial score (nSPS) is 18.4. The lowest BCUT2D eigenvalue weighted by Crippen LogP contribution is -2.39. The number of likely N-dealkylation sites (N-methyl/N-ethyl adjacent to an activating group) is 1. The van der Waals surface area contributed by atoms with Gasteiger partial charge in [-0.1, -0.05) is 63.2 Å². The largest absolute Gasteiger partial charge is 0.308 e. The SMILES string of the molecule is CCN(CC)C(CNCC(=O)c1cccc(S(=O)(=O)N2CCCC(C)C2)c1)c1ccccc1. The van der Waals surface area contributed by atoms with Gasteiger partial charge in [0.2, 0.25) is 10.0 Å². The highest BCUT2D eigenvalue weighted by Gasteiger charge is 2.29. The first-order valence-electron chi connectivity index (χ1n) is 12.0. The average molecular weight is 472 g/mol. The van der Waals surface area contributed by atoms with Crippen LogP contribution >= 0.6 is 0 Å². The van der Waals surface area contributed by atoms with E-state index >= 15 is 0 Å². The molecule has 0 saturated carbocycles. The number of benzene rings is 2. The molecule has 180 valence electrons. The van der Waals surface area contributed by atoms with E-state index in [4.69, 9.17) is 0 Å². The van der Waals surface area contributed by atoms with E-state index < -0.39 is 10.0 Å². The number of Topliss-reactive ketones (excluding diaryl/α,β-unsaturated/α-hetero) is 1. The Morgan fingerprint density at radius 2 is 1.85 bits per heavy atom. The number of sulfonamides is 1. The first-order valence-corrected chi connectivity index (χ1v) is 13.4. The molecule has 0 aliphatic carbocycles. The van der Waals surface area contributed by atoms with Crippen molar-refractivity contribution in [2.24, 2.45) is 5.92 Å². The Kier molecular flexibility index (Phi) is 9.20. The van der Waals surface area contributed by atoms with Crippen LogP contribution in [0.5, 0.6) is 0 Å². The molecule has 1 aliphatic rings. The van der Waals surface area contributed by atoms with Crippen LogP contribution in [0.15, 0.2) is 59.5 Å². The fourth-order valence-electron chi connectivity index (χ4n) is 4.57. The van der Waals surface area contributed by atoms with Crippen LogP contribution in [0.25, 0.3) is 0 Å². The van der Waals surface area contributed by atoms with E-state index in [1.165, 1.54) is 11.6 Å². The summed E-state index contributed by atoms with van der Waals surface area (Å²) in [6.07, 6.45) is 1.92. The second-order valence-electron chi connectivity index (χ2n) is 8.84. The number of hydrogen-bond donors (Lipinski definition) is 1. The molecule has 0 spiro atoms. The molecule has 1 N–H and O–H groups in total. The molecular formula is C26H37N3O3S. The predicted octanol–water partition coefficient (Wildman–Crippen LogP) is 3.96. The lowest BCUT2D eigenvalue weighted by molar-refractivity contribution is 0.0986. The molecule has 0 radical (unpaired) electrons. The second-order valence-corrected chi connectivity index (χ2v) is 10.8. The third-order valence-corrected chi connectivity index (χ3v) is 8.34. The first-order chi connectivity index (χ1) is 15.9. The molecule has 7 heteroatoms. The Morgan fingerprint density at radius 1 is 1.12 bits per heavy atom. The van der Waals surface area contributed by atoms with Crippen LogP contribution in [0.4, 0.5) is 0 Å². The molecule has 1 saturated heterocycles. The van der Waals surface area contributed by atoms with Crippen molar-refractivity contribution in [2.45, 2.75) is 44.6 Å². The molecule has 0 bridgehead atoms. The summed E-state index contributed by atoms with van der Waals surface area (Å²) < 4.78 is 27.8. The monoisotopic (exact) mass is 471 g/mol. The van der Waals surface area contributed by atoms with Crippen molar-refractivity contribution < 1.29 is 13.2 Å². The summed E-state index contributed by atoms with van der Waals surface area (Å²) in [6.45, 7) is 10.1. The van der Waals surface area contributed by atoms with Gasteiger partial charge in [-0.05, 0) is 49.5 Å². The summed E-state index contributed by atoms with van der Waals surface area (Å²) in [4.78, 5) is 15.5. The zero-order chi connectivity index (χ0) is 23.8. The van der Waals surface area contributed by atoms with Gasteiger partial charge in [-0.2, -0.15) is 4.31 Å². The van der Waals surface area contributed by atoms with E-state index in [1.54, 1.807) is 22.5 Å². The minimum Gasteiger partial charge on any atom is -0.308 e. The molecule has 1 heterocycles. The highest BCUT2D eigenvalue weighted by Crippen LogP contribution is 2.24. The molecule has 3 rings (SSSR count). The summed E-state index contributed by atoms with van der Waals surface area (Å²) in [5.74, 6) is 0.247. The maximum absolute atomic E-state index is 13.1. The number of nitrogens with one attached hydrogen (secondary N) is 1. The third-order valence-electron chi connectivity index (χ3n) is 6.47. The van der Waals surface area contributed by atoms with Crippen LogP contribution < -0.4 is 5.32 Å². The van der Waals surface area contributed by atoms with Gasteiger partial charge in [0.05, 0.1) is 11.4 Å². The van der Waals surface area contributed by atoms with Gasteiger partial charge in [0.1, 0.15) is 0 Å². The Balaban J connectivity index is 1.67. The molecule has 2 unspecified atom stereocenters. The third kappa shape index (κ3) is 6.51. The van der Waals surface area contributed by atoms with Crippen LogP contribution in [-0.2, 0) is 10.0 Å². The standard InChI is InChI=1S/C26H37N3O3S/c1-4-28(5-2)25(22-12-7-6-8-13-22)18-27-19-26(30)23-14-9-15-24(17-23)33(31,32)29-16-10-11-21(3)20-29/h6-9,12-15,17,21,25,27H,4-5,10-11,16,18-20H2,1-3H3. The maximum atomic E-state index is 13.1. The van der Waals surface area contributed by atoms with E-state index in [0.29, 0.717) is 31.1 Å². The van der Waals surface area contributed by atoms with Gasteiger partial charge in [-0.25, -0.2) is 8.42 Å². The van der Waals surface area contributed by atoms with Crippen LogP contribution in [0, 0.1) is 5.92 Å². The van der Waals surface area contributed by atoms with E-state index in [9.17, 15) is 13.2 Å². The minimum absolute atomic E-state index is 0.106. The van der Waals surface area contributed by atoms with Gasteiger partial charge >= 0.3 is 0 Å². The van der Waals surface area contributed by atoms with Crippen LogP contribution in [0.3, 0.4) is 0 Å². The number of carbonyl (C=O) groups is 1. The first kappa shape index (κ1) is 25.6. The summed E-state index contributed by atoms with van der Waals surface area (Å²) in [6, 6.07) is 16.9. The molecule has 33 heavy (non-hydrogen) atoms. The van der Waals surface area contributed by atoms with Crippen molar-refractivity contribution in [1.82, 2.24) is 14.5 Å². The predicted molar refractivity (Wildman–Crippen MR) is 133 cm³/mol. The van der Waals surface area contributed by atoms with Crippen LogP contribution in [0.1, 0.15) is 55.6 Å². The topological polar surface area (TPSA) is 69.7 Å². The summed E-state index contributed by atoms with van der Waals surface area (Å²) >= 11 is 0. The molecule has 6 nitrogen and oxygen atoms in total. The molecule has 2 atom stereocenters.